The lowest BCUT2D eigenvalue weighted by Crippen LogP contribution is -2.08. The Hall–Kier alpha value is -2.43. The summed E-state index contributed by atoms with van der Waals surface area (Å²) >= 11 is 0. The Kier molecular flexibility index (Phi) is 3.46. The summed E-state index contributed by atoms with van der Waals surface area (Å²) in [6.07, 6.45) is 9.94. The molecule has 0 saturated heterocycles. The predicted octanol–water partition coefficient (Wildman–Crippen LogP) is 3.25. The highest BCUT2D eigenvalue weighted by Gasteiger charge is 2.16. The molecule has 0 saturated carbocycles. The molecule has 0 spiro atoms. The molecule has 1 aliphatic heterocycles. The van der Waals surface area contributed by atoms with Crippen LogP contribution in [-0.2, 0) is 13.0 Å². The first-order chi connectivity index (χ1) is 10.9. The van der Waals surface area contributed by atoms with Crippen molar-refractivity contribution in [3.8, 4) is 17.1 Å². The molecular formula is C17H19N5. The lowest BCUT2D eigenvalue weighted by Gasteiger charge is -2.12. The van der Waals surface area contributed by atoms with Crippen molar-refractivity contribution in [3.05, 3.63) is 48.5 Å². The number of aryl methyl sites for hydroxylation is 1. The SMILES string of the molecule is c1ccc(-n2cc(-c3nnc4n3CCCCCC4)cn2)cc1. The van der Waals surface area contributed by atoms with Gasteiger partial charge in [0.25, 0.3) is 0 Å². The summed E-state index contributed by atoms with van der Waals surface area (Å²) in [6.45, 7) is 1.01. The molecule has 0 bridgehead atoms. The van der Waals surface area contributed by atoms with Crippen LogP contribution in [0.2, 0.25) is 0 Å². The Bertz CT molecular complexity index is 756. The van der Waals surface area contributed by atoms with Crippen molar-refractivity contribution in [3.63, 3.8) is 0 Å². The molecule has 3 heterocycles. The minimum atomic E-state index is 0.944. The summed E-state index contributed by atoms with van der Waals surface area (Å²) in [6, 6.07) is 10.1. The van der Waals surface area contributed by atoms with Crippen molar-refractivity contribution in [2.45, 2.75) is 38.6 Å². The molecule has 4 rings (SSSR count). The molecule has 0 aliphatic carbocycles. The van der Waals surface area contributed by atoms with E-state index in [2.05, 4.69) is 19.9 Å². The third-order valence-electron chi connectivity index (χ3n) is 4.22. The van der Waals surface area contributed by atoms with E-state index in [9.17, 15) is 0 Å². The standard InChI is InChI=1S/C17H19N5/c1-2-7-11-21-16(10-6-1)19-20-17(21)14-12-18-22(13-14)15-8-4-3-5-9-15/h3-5,8-9,12-13H,1-2,6-7,10-11H2. The van der Waals surface area contributed by atoms with Crippen LogP contribution >= 0.6 is 0 Å². The molecule has 0 unspecified atom stereocenters. The maximum Gasteiger partial charge on any atom is 0.167 e. The Balaban J connectivity index is 1.70. The summed E-state index contributed by atoms with van der Waals surface area (Å²) in [4.78, 5) is 0. The number of benzene rings is 1. The fourth-order valence-electron chi connectivity index (χ4n) is 3.04. The first kappa shape index (κ1) is 13.2. The fourth-order valence-corrected chi connectivity index (χ4v) is 3.04. The average Bonchev–Trinajstić information content (AvgIpc) is 3.15. The van der Waals surface area contributed by atoms with E-state index in [4.69, 9.17) is 0 Å². The minimum Gasteiger partial charge on any atom is -0.311 e. The predicted molar refractivity (Wildman–Crippen MR) is 84.8 cm³/mol. The van der Waals surface area contributed by atoms with Gasteiger partial charge in [-0.3, -0.25) is 0 Å². The lowest BCUT2D eigenvalue weighted by atomic mass is 10.1. The van der Waals surface area contributed by atoms with E-state index in [1.165, 1.54) is 25.7 Å². The average molecular weight is 293 g/mol. The third kappa shape index (κ3) is 2.43. The number of hydrogen-bond donors (Lipinski definition) is 0. The zero-order valence-corrected chi connectivity index (χ0v) is 12.5. The number of fused-ring (bicyclic) bond motifs is 1. The van der Waals surface area contributed by atoms with Crippen molar-refractivity contribution in [1.29, 1.82) is 0 Å². The molecule has 112 valence electrons. The van der Waals surface area contributed by atoms with Crippen LogP contribution in [0.4, 0.5) is 0 Å². The van der Waals surface area contributed by atoms with E-state index < -0.39 is 0 Å². The molecule has 1 aliphatic rings. The van der Waals surface area contributed by atoms with Crippen LogP contribution in [0.15, 0.2) is 42.7 Å². The summed E-state index contributed by atoms with van der Waals surface area (Å²) < 4.78 is 4.16. The Labute approximate surface area is 129 Å². The molecule has 2 aromatic heterocycles. The van der Waals surface area contributed by atoms with Crippen LogP contribution in [-0.4, -0.2) is 24.5 Å². The second kappa shape index (κ2) is 5.75. The summed E-state index contributed by atoms with van der Waals surface area (Å²) in [5.41, 5.74) is 2.09. The maximum absolute atomic E-state index is 4.47. The molecule has 5 heteroatoms. The highest BCUT2D eigenvalue weighted by molar-refractivity contribution is 5.54. The van der Waals surface area contributed by atoms with Crippen molar-refractivity contribution < 1.29 is 0 Å². The van der Waals surface area contributed by atoms with Crippen LogP contribution in [0.1, 0.15) is 31.5 Å². The zero-order valence-electron chi connectivity index (χ0n) is 12.5. The zero-order chi connectivity index (χ0) is 14.8. The van der Waals surface area contributed by atoms with Crippen LogP contribution in [0.5, 0.6) is 0 Å². The van der Waals surface area contributed by atoms with E-state index in [1.54, 1.807) is 0 Å². The Morgan fingerprint density at radius 1 is 0.909 bits per heavy atom. The summed E-state index contributed by atoms with van der Waals surface area (Å²) in [5, 5.41) is 13.3. The van der Waals surface area contributed by atoms with Crippen LogP contribution in [0.25, 0.3) is 17.1 Å². The van der Waals surface area contributed by atoms with E-state index in [1.807, 2.05) is 47.4 Å². The van der Waals surface area contributed by atoms with Crippen LogP contribution in [0.3, 0.4) is 0 Å². The van der Waals surface area contributed by atoms with Crippen LogP contribution < -0.4 is 0 Å². The number of nitrogens with zero attached hydrogens (tertiary/aromatic N) is 5. The molecule has 3 aromatic rings. The highest BCUT2D eigenvalue weighted by atomic mass is 15.3. The van der Waals surface area contributed by atoms with Gasteiger partial charge in [0, 0.05) is 19.2 Å². The summed E-state index contributed by atoms with van der Waals surface area (Å²) in [7, 11) is 0. The van der Waals surface area contributed by atoms with Gasteiger partial charge in [0.15, 0.2) is 5.82 Å². The number of rotatable bonds is 2. The molecule has 5 nitrogen and oxygen atoms in total. The van der Waals surface area contributed by atoms with E-state index >= 15 is 0 Å². The topological polar surface area (TPSA) is 48.5 Å². The maximum atomic E-state index is 4.47. The van der Waals surface area contributed by atoms with Gasteiger partial charge in [-0.25, -0.2) is 4.68 Å². The molecular weight excluding hydrogens is 274 g/mol. The number of aromatic nitrogens is 5. The monoisotopic (exact) mass is 293 g/mol. The van der Waals surface area contributed by atoms with Gasteiger partial charge < -0.3 is 4.57 Å². The normalized spacial score (nSPS) is 15.1. The van der Waals surface area contributed by atoms with Gasteiger partial charge in [-0.15, -0.1) is 10.2 Å². The Morgan fingerprint density at radius 2 is 1.77 bits per heavy atom. The van der Waals surface area contributed by atoms with Gasteiger partial charge in [-0.05, 0) is 25.0 Å². The molecule has 22 heavy (non-hydrogen) atoms. The molecule has 0 radical (unpaired) electrons. The summed E-state index contributed by atoms with van der Waals surface area (Å²) in [5.74, 6) is 2.06. The molecule has 0 amide bonds. The molecule has 0 N–H and O–H groups in total. The lowest BCUT2D eigenvalue weighted by molar-refractivity contribution is 0.518. The first-order valence-corrected chi connectivity index (χ1v) is 7.94. The number of hydrogen-bond acceptors (Lipinski definition) is 3. The number of para-hydroxylation sites is 1. The van der Waals surface area contributed by atoms with Gasteiger partial charge >= 0.3 is 0 Å². The first-order valence-electron chi connectivity index (χ1n) is 7.94. The molecule has 0 fully saturated rings. The second-order valence-electron chi connectivity index (χ2n) is 5.76. The second-order valence-corrected chi connectivity index (χ2v) is 5.76. The smallest absolute Gasteiger partial charge is 0.167 e. The van der Waals surface area contributed by atoms with Crippen LogP contribution in [0, 0.1) is 0 Å². The van der Waals surface area contributed by atoms with Crippen molar-refractivity contribution in [1.82, 2.24) is 24.5 Å². The van der Waals surface area contributed by atoms with E-state index in [-0.39, 0.29) is 0 Å². The van der Waals surface area contributed by atoms with Gasteiger partial charge in [0.1, 0.15) is 5.82 Å². The van der Waals surface area contributed by atoms with E-state index in [0.29, 0.717) is 0 Å². The largest absolute Gasteiger partial charge is 0.311 e. The van der Waals surface area contributed by atoms with Gasteiger partial charge in [-0.1, -0.05) is 31.0 Å². The minimum absolute atomic E-state index is 0.944. The van der Waals surface area contributed by atoms with Crippen molar-refractivity contribution in [2.24, 2.45) is 0 Å². The van der Waals surface area contributed by atoms with Gasteiger partial charge in [-0.2, -0.15) is 5.10 Å². The molecule has 1 aromatic carbocycles. The van der Waals surface area contributed by atoms with E-state index in [0.717, 1.165) is 35.9 Å². The Morgan fingerprint density at radius 3 is 2.68 bits per heavy atom. The van der Waals surface area contributed by atoms with Gasteiger partial charge in [0.2, 0.25) is 0 Å². The van der Waals surface area contributed by atoms with Gasteiger partial charge in [0.05, 0.1) is 17.4 Å². The quantitative estimate of drug-likeness (QED) is 0.728. The molecule has 0 atom stereocenters. The fraction of sp³-hybridized carbons (Fsp3) is 0.353. The highest BCUT2D eigenvalue weighted by Crippen LogP contribution is 2.22. The van der Waals surface area contributed by atoms with Crippen molar-refractivity contribution in [2.75, 3.05) is 0 Å². The van der Waals surface area contributed by atoms with Crippen molar-refractivity contribution >= 4 is 0 Å². The third-order valence-corrected chi connectivity index (χ3v) is 4.22.